The van der Waals surface area contributed by atoms with Crippen molar-refractivity contribution >= 4 is 6.09 Å². The summed E-state index contributed by atoms with van der Waals surface area (Å²) in [7, 11) is 0. The van der Waals surface area contributed by atoms with E-state index >= 15 is 0 Å². The van der Waals surface area contributed by atoms with Gasteiger partial charge in [0.05, 0.1) is 0 Å². The SMILES string of the molecule is [CH2]CCCCCN1CCN(C(=O)OC(C)(C)C)CC1. The lowest BCUT2D eigenvalue weighted by atomic mass is 10.2. The van der Waals surface area contributed by atoms with Crippen LogP contribution < -0.4 is 0 Å². The van der Waals surface area contributed by atoms with Gasteiger partial charge in [-0.1, -0.05) is 26.2 Å². The van der Waals surface area contributed by atoms with E-state index < -0.39 is 5.60 Å². The second-order valence-corrected chi connectivity index (χ2v) is 6.22. The van der Waals surface area contributed by atoms with Crippen molar-refractivity contribution in [2.75, 3.05) is 32.7 Å². The quantitative estimate of drug-likeness (QED) is 0.719. The van der Waals surface area contributed by atoms with E-state index in [-0.39, 0.29) is 6.09 Å². The molecule has 0 atom stereocenters. The number of unbranched alkanes of at least 4 members (excludes halogenated alkanes) is 3. The number of amides is 1. The van der Waals surface area contributed by atoms with Gasteiger partial charge in [0, 0.05) is 26.2 Å². The molecule has 0 saturated carbocycles. The Balaban J connectivity index is 2.19. The summed E-state index contributed by atoms with van der Waals surface area (Å²) >= 11 is 0. The maximum atomic E-state index is 11.9. The van der Waals surface area contributed by atoms with E-state index in [9.17, 15) is 4.79 Å². The molecule has 0 N–H and O–H groups in total. The van der Waals surface area contributed by atoms with Crippen LogP contribution in [0.3, 0.4) is 0 Å². The van der Waals surface area contributed by atoms with Crippen LogP contribution in [0, 0.1) is 6.92 Å². The van der Waals surface area contributed by atoms with Crippen LogP contribution in [0.2, 0.25) is 0 Å². The third-order valence-corrected chi connectivity index (χ3v) is 3.25. The van der Waals surface area contributed by atoms with Gasteiger partial charge in [-0.15, -0.1) is 0 Å². The number of piperazine rings is 1. The van der Waals surface area contributed by atoms with Crippen LogP contribution in [0.1, 0.15) is 46.5 Å². The largest absolute Gasteiger partial charge is 0.444 e. The van der Waals surface area contributed by atoms with Gasteiger partial charge in [0.2, 0.25) is 0 Å². The fourth-order valence-electron chi connectivity index (χ4n) is 2.17. The number of carbonyl (C=O) groups is 1. The van der Waals surface area contributed by atoms with Gasteiger partial charge in [-0.2, -0.15) is 0 Å². The minimum Gasteiger partial charge on any atom is -0.444 e. The zero-order chi connectivity index (χ0) is 14.3. The van der Waals surface area contributed by atoms with Gasteiger partial charge >= 0.3 is 6.09 Å². The molecule has 1 saturated heterocycles. The average molecular weight is 269 g/mol. The van der Waals surface area contributed by atoms with E-state index in [0.717, 1.165) is 39.1 Å². The first-order chi connectivity index (χ1) is 8.92. The average Bonchev–Trinajstić information content (AvgIpc) is 2.33. The Labute approximate surface area is 118 Å². The molecule has 0 spiro atoms. The Hall–Kier alpha value is -0.770. The molecular weight excluding hydrogens is 240 g/mol. The van der Waals surface area contributed by atoms with E-state index in [1.54, 1.807) is 0 Å². The van der Waals surface area contributed by atoms with Crippen molar-refractivity contribution in [3.05, 3.63) is 6.92 Å². The summed E-state index contributed by atoms with van der Waals surface area (Å²) in [5, 5.41) is 0. The molecule has 111 valence electrons. The highest BCUT2D eigenvalue weighted by molar-refractivity contribution is 5.68. The third-order valence-electron chi connectivity index (χ3n) is 3.25. The minimum absolute atomic E-state index is 0.177. The Morgan fingerprint density at radius 3 is 2.26 bits per heavy atom. The molecule has 1 amide bonds. The minimum atomic E-state index is -0.400. The van der Waals surface area contributed by atoms with E-state index in [4.69, 9.17) is 4.74 Å². The molecule has 1 aliphatic rings. The molecule has 0 aromatic heterocycles. The van der Waals surface area contributed by atoms with Crippen molar-refractivity contribution in [3.8, 4) is 0 Å². The summed E-state index contributed by atoms with van der Waals surface area (Å²) < 4.78 is 5.39. The molecular formula is C15H29N2O2. The van der Waals surface area contributed by atoms with Gasteiger partial charge in [0.15, 0.2) is 0 Å². The molecule has 0 aliphatic carbocycles. The van der Waals surface area contributed by atoms with Gasteiger partial charge < -0.3 is 9.64 Å². The van der Waals surface area contributed by atoms with E-state index in [0.29, 0.717) is 0 Å². The molecule has 0 bridgehead atoms. The first-order valence-corrected chi connectivity index (χ1v) is 7.42. The van der Waals surface area contributed by atoms with Gasteiger partial charge in [-0.3, -0.25) is 4.90 Å². The molecule has 0 aromatic carbocycles. The molecule has 4 nitrogen and oxygen atoms in total. The lowest BCUT2D eigenvalue weighted by molar-refractivity contribution is 0.0144. The van der Waals surface area contributed by atoms with Crippen LogP contribution in [-0.2, 0) is 4.74 Å². The zero-order valence-corrected chi connectivity index (χ0v) is 12.8. The first-order valence-electron chi connectivity index (χ1n) is 7.42. The Bertz CT molecular complexity index is 266. The normalized spacial score (nSPS) is 17.6. The number of nitrogens with zero attached hydrogens (tertiary/aromatic N) is 2. The molecule has 0 aromatic rings. The van der Waals surface area contributed by atoms with Crippen molar-refractivity contribution in [2.24, 2.45) is 0 Å². The smallest absolute Gasteiger partial charge is 0.410 e. The van der Waals surface area contributed by atoms with Gasteiger partial charge in [0.25, 0.3) is 0 Å². The van der Waals surface area contributed by atoms with Crippen LogP contribution in [0.4, 0.5) is 4.79 Å². The third kappa shape index (κ3) is 6.81. The molecule has 1 rings (SSSR count). The van der Waals surface area contributed by atoms with Gasteiger partial charge in [-0.25, -0.2) is 4.79 Å². The summed E-state index contributed by atoms with van der Waals surface area (Å²) in [5.41, 5.74) is -0.400. The van der Waals surface area contributed by atoms with Crippen molar-refractivity contribution in [1.82, 2.24) is 9.80 Å². The van der Waals surface area contributed by atoms with Crippen LogP contribution in [0.5, 0.6) is 0 Å². The lowest BCUT2D eigenvalue weighted by Gasteiger charge is -2.35. The van der Waals surface area contributed by atoms with Crippen molar-refractivity contribution in [2.45, 2.75) is 52.1 Å². The monoisotopic (exact) mass is 269 g/mol. The van der Waals surface area contributed by atoms with Crippen LogP contribution in [0.15, 0.2) is 0 Å². The Kier molecular flexibility index (Phi) is 6.63. The highest BCUT2D eigenvalue weighted by Crippen LogP contribution is 2.12. The number of carbonyl (C=O) groups excluding carboxylic acids is 1. The van der Waals surface area contributed by atoms with Crippen LogP contribution in [0.25, 0.3) is 0 Å². The van der Waals surface area contributed by atoms with E-state index in [1.807, 2.05) is 25.7 Å². The predicted octanol–water partition coefficient (Wildman–Crippen LogP) is 2.93. The zero-order valence-electron chi connectivity index (χ0n) is 12.8. The Morgan fingerprint density at radius 1 is 1.11 bits per heavy atom. The number of ether oxygens (including phenoxy) is 1. The molecule has 1 radical (unpaired) electrons. The first kappa shape index (κ1) is 16.3. The topological polar surface area (TPSA) is 32.8 Å². The lowest BCUT2D eigenvalue weighted by Crippen LogP contribution is -2.50. The fourth-order valence-corrected chi connectivity index (χ4v) is 2.17. The van der Waals surface area contributed by atoms with Crippen LogP contribution >= 0.6 is 0 Å². The van der Waals surface area contributed by atoms with Crippen molar-refractivity contribution in [3.63, 3.8) is 0 Å². The van der Waals surface area contributed by atoms with Gasteiger partial charge in [0.1, 0.15) is 5.60 Å². The van der Waals surface area contributed by atoms with Crippen molar-refractivity contribution < 1.29 is 9.53 Å². The van der Waals surface area contributed by atoms with Crippen molar-refractivity contribution in [1.29, 1.82) is 0 Å². The molecule has 4 heteroatoms. The second kappa shape index (κ2) is 7.73. The summed E-state index contributed by atoms with van der Waals surface area (Å²) in [6.07, 6.45) is 4.58. The molecule has 19 heavy (non-hydrogen) atoms. The van der Waals surface area contributed by atoms with E-state index in [1.165, 1.54) is 19.3 Å². The predicted molar refractivity (Wildman–Crippen MR) is 78.1 cm³/mol. The standard InChI is InChI=1S/C15H29N2O2/c1-5-6-7-8-9-16-10-12-17(13-11-16)14(18)19-15(2,3)4/h1,5-13H2,2-4H3. The fraction of sp³-hybridized carbons (Fsp3) is 0.867. The summed E-state index contributed by atoms with van der Waals surface area (Å²) in [6.45, 7) is 14.2. The highest BCUT2D eigenvalue weighted by Gasteiger charge is 2.25. The number of hydrogen-bond acceptors (Lipinski definition) is 3. The summed E-state index contributed by atoms with van der Waals surface area (Å²) in [6, 6.07) is 0. The number of rotatable bonds is 5. The van der Waals surface area contributed by atoms with Gasteiger partial charge in [-0.05, 0) is 33.7 Å². The Morgan fingerprint density at radius 2 is 1.74 bits per heavy atom. The maximum Gasteiger partial charge on any atom is 0.410 e. The summed E-state index contributed by atoms with van der Waals surface area (Å²) in [5.74, 6) is 0. The van der Waals surface area contributed by atoms with E-state index in [2.05, 4.69) is 11.8 Å². The summed E-state index contributed by atoms with van der Waals surface area (Å²) in [4.78, 5) is 16.1. The maximum absolute atomic E-state index is 11.9. The number of hydrogen-bond donors (Lipinski definition) is 0. The molecule has 1 aliphatic heterocycles. The molecule has 1 fully saturated rings. The molecule has 0 unspecified atom stereocenters. The molecule has 1 heterocycles. The second-order valence-electron chi connectivity index (χ2n) is 6.22. The van der Waals surface area contributed by atoms with Crippen LogP contribution in [-0.4, -0.2) is 54.2 Å². The highest BCUT2D eigenvalue weighted by atomic mass is 16.6.